The number of nitrogen functional groups attached to an aromatic ring is 1. The summed E-state index contributed by atoms with van der Waals surface area (Å²) < 4.78 is 11.7. The number of hydrogen-bond donors (Lipinski definition) is 1. The predicted octanol–water partition coefficient (Wildman–Crippen LogP) is 2.47. The molecule has 0 saturated carbocycles. The van der Waals surface area contributed by atoms with Gasteiger partial charge in [0.05, 0.1) is 18.4 Å². The average molecular weight is 321 g/mol. The summed E-state index contributed by atoms with van der Waals surface area (Å²) in [6.45, 7) is 0. The van der Waals surface area contributed by atoms with Crippen molar-refractivity contribution in [3.05, 3.63) is 30.2 Å². The molecule has 0 aliphatic carbocycles. The lowest BCUT2D eigenvalue weighted by atomic mass is 10.2. The topological polar surface area (TPSA) is 100.0 Å². The van der Waals surface area contributed by atoms with Crippen molar-refractivity contribution in [2.24, 2.45) is 0 Å². The Bertz CT molecular complexity index is 743. The predicted molar refractivity (Wildman–Crippen MR) is 80.2 cm³/mol. The average Bonchev–Trinajstić information content (AvgIpc) is 3.14. The normalized spacial score (nSPS) is 10.7. The third-order valence-corrected chi connectivity index (χ3v) is 4.42. The van der Waals surface area contributed by atoms with Gasteiger partial charge in [0.1, 0.15) is 5.75 Å². The van der Waals surface area contributed by atoms with Crippen molar-refractivity contribution in [1.29, 1.82) is 0 Å². The zero-order valence-corrected chi connectivity index (χ0v) is 12.6. The third kappa shape index (κ3) is 3.14. The van der Waals surface area contributed by atoms with Gasteiger partial charge in [0, 0.05) is 0 Å². The molecule has 0 amide bonds. The molecule has 0 saturated heterocycles. The minimum absolute atomic E-state index is 0.430. The van der Waals surface area contributed by atoms with E-state index in [-0.39, 0.29) is 0 Å². The molecule has 9 heteroatoms. The zero-order chi connectivity index (χ0) is 14.7. The van der Waals surface area contributed by atoms with Crippen molar-refractivity contribution in [2.45, 2.75) is 10.1 Å². The van der Waals surface area contributed by atoms with Gasteiger partial charge in [0.15, 0.2) is 4.34 Å². The van der Waals surface area contributed by atoms with Crippen molar-refractivity contribution in [3.63, 3.8) is 0 Å². The number of benzene rings is 1. The van der Waals surface area contributed by atoms with Crippen molar-refractivity contribution in [2.75, 3.05) is 12.8 Å². The van der Waals surface area contributed by atoms with Gasteiger partial charge in [-0.3, -0.25) is 0 Å². The highest BCUT2D eigenvalue weighted by atomic mass is 32.2. The van der Waals surface area contributed by atoms with Gasteiger partial charge in [-0.2, -0.15) is 0 Å². The summed E-state index contributed by atoms with van der Waals surface area (Å²) in [5.41, 5.74) is 6.29. The van der Waals surface area contributed by atoms with Gasteiger partial charge in [0.25, 0.3) is 5.89 Å². The van der Waals surface area contributed by atoms with Crippen molar-refractivity contribution in [3.8, 4) is 17.2 Å². The van der Waals surface area contributed by atoms with Crippen LogP contribution in [0.3, 0.4) is 0 Å². The van der Waals surface area contributed by atoms with E-state index in [1.54, 1.807) is 7.11 Å². The first kappa shape index (κ1) is 13.8. The molecule has 21 heavy (non-hydrogen) atoms. The molecular formula is C12H11N5O2S2. The van der Waals surface area contributed by atoms with Crippen LogP contribution >= 0.6 is 23.1 Å². The second-order valence-electron chi connectivity index (χ2n) is 3.90. The molecule has 0 fully saturated rings. The highest BCUT2D eigenvalue weighted by Crippen LogP contribution is 2.30. The number of para-hydroxylation sites is 1. The van der Waals surface area contributed by atoms with Gasteiger partial charge in [-0.05, 0) is 12.1 Å². The molecule has 0 bridgehead atoms. The SMILES string of the molecule is COc1ccccc1-c1nnc(CSc2nnc(N)s2)o1. The van der Waals surface area contributed by atoms with Crippen LogP contribution in [0.1, 0.15) is 5.89 Å². The van der Waals surface area contributed by atoms with E-state index in [0.29, 0.717) is 28.4 Å². The lowest BCUT2D eigenvalue weighted by molar-refractivity contribution is 0.414. The first-order chi connectivity index (χ1) is 10.3. The number of anilines is 1. The molecule has 7 nitrogen and oxygen atoms in total. The van der Waals surface area contributed by atoms with E-state index in [1.165, 1.54) is 23.1 Å². The smallest absolute Gasteiger partial charge is 0.251 e. The number of thioether (sulfide) groups is 1. The molecule has 2 heterocycles. The molecule has 3 rings (SSSR count). The number of hydrogen-bond acceptors (Lipinski definition) is 9. The van der Waals surface area contributed by atoms with Gasteiger partial charge in [0.2, 0.25) is 11.0 Å². The fourth-order valence-corrected chi connectivity index (χ4v) is 3.12. The van der Waals surface area contributed by atoms with Crippen LogP contribution in [0.25, 0.3) is 11.5 Å². The summed E-state index contributed by atoms with van der Waals surface area (Å²) in [5, 5.41) is 16.2. The van der Waals surface area contributed by atoms with Crippen LogP contribution in [0.15, 0.2) is 33.0 Å². The van der Waals surface area contributed by atoms with Crippen LogP contribution in [0.2, 0.25) is 0 Å². The molecule has 2 N–H and O–H groups in total. The van der Waals surface area contributed by atoms with Gasteiger partial charge in [-0.1, -0.05) is 35.2 Å². The van der Waals surface area contributed by atoms with Gasteiger partial charge in [-0.15, -0.1) is 20.4 Å². The van der Waals surface area contributed by atoms with E-state index in [2.05, 4.69) is 20.4 Å². The molecule has 0 unspecified atom stereocenters. The molecule has 0 atom stereocenters. The maximum absolute atomic E-state index is 5.64. The fraction of sp³-hybridized carbons (Fsp3) is 0.167. The summed E-state index contributed by atoms with van der Waals surface area (Å²) in [6, 6.07) is 7.49. The Morgan fingerprint density at radius 1 is 1.24 bits per heavy atom. The molecule has 0 aliphatic rings. The zero-order valence-electron chi connectivity index (χ0n) is 11.0. The lowest BCUT2D eigenvalue weighted by Gasteiger charge is -2.03. The highest BCUT2D eigenvalue weighted by molar-refractivity contribution is 8.00. The van der Waals surface area contributed by atoms with Crippen LogP contribution in [0, 0.1) is 0 Å². The number of methoxy groups -OCH3 is 1. The molecule has 108 valence electrons. The van der Waals surface area contributed by atoms with Crippen molar-refractivity contribution in [1.82, 2.24) is 20.4 Å². The molecule has 2 aromatic heterocycles. The first-order valence-corrected chi connectivity index (χ1v) is 7.74. The number of nitrogens with two attached hydrogens (primary N) is 1. The first-order valence-electron chi connectivity index (χ1n) is 5.94. The monoisotopic (exact) mass is 321 g/mol. The van der Waals surface area contributed by atoms with Gasteiger partial charge in [-0.25, -0.2) is 0 Å². The summed E-state index contributed by atoms with van der Waals surface area (Å²) >= 11 is 2.78. The number of nitrogens with zero attached hydrogens (tertiary/aromatic N) is 4. The second kappa shape index (κ2) is 6.10. The Morgan fingerprint density at radius 2 is 2.10 bits per heavy atom. The molecule has 0 radical (unpaired) electrons. The van der Waals surface area contributed by atoms with Crippen molar-refractivity contribution >= 4 is 28.2 Å². The van der Waals surface area contributed by atoms with E-state index in [1.807, 2.05) is 24.3 Å². The largest absolute Gasteiger partial charge is 0.496 e. The fourth-order valence-electron chi connectivity index (χ4n) is 1.64. The van der Waals surface area contributed by atoms with E-state index < -0.39 is 0 Å². The van der Waals surface area contributed by atoms with Crippen LogP contribution in [0.4, 0.5) is 5.13 Å². The van der Waals surface area contributed by atoms with E-state index in [0.717, 1.165) is 9.90 Å². The van der Waals surface area contributed by atoms with Crippen LogP contribution in [-0.2, 0) is 5.75 Å². The van der Waals surface area contributed by atoms with E-state index in [4.69, 9.17) is 14.9 Å². The maximum Gasteiger partial charge on any atom is 0.251 e. The van der Waals surface area contributed by atoms with Crippen LogP contribution < -0.4 is 10.5 Å². The minimum Gasteiger partial charge on any atom is -0.496 e. The van der Waals surface area contributed by atoms with Gasteiger partial charge >= 0.3 is 0 Å². The molecule has 0 spiro atoms. The Hall–Kier alpha value is -2.13. The molecule has 0 aliphatic heterocycles. The lowest BCUT2D eigenvalue weighted by Crippen LogP contribution is -1.87. The van der Waals surface area contributed by atoms with Crippen molar-refractivity contribution < 1.29 is 9.15 Å². The van der Waals surface area contributed by atoms with E-state index >= 15 is 0 Å². The molecule has 1 aromatic carbocycles. The quantitative estimate of drug-likeness (QED) is 0.715. The Kier molecular flexibility index (Phi) is 4.02. The highest BCUT2D eigenvalue weighted by Gasteiger charge is 2.13. The number of ether oxygens (including phenoxy) is 1. The molecule has 3 aromatic rings. The Labute approximate surface area is 128 Å². The summed E-state index contributed by atoms with van der Waals surface area (Å²) in [7, 11) is 1.60. The number of aromatic nitrogens is 4. The van der Waals surface area contributed by atoms with Crippen LogP contribution in [-0.4, -0.2) is 27.5 Å². The maximum atomic E-state index is 5.64. The van der Waals surface area contributed by atoms with Gasteiger partial charge < -0.3 is 14.9 Å². The Morgan fingerprint density at radius 3 is 2.86 bits per heavy atom. The third-order valence-electron chi connectivity index (χ3n) is 2.55. The Balaban J connectivity index is 1.74. The summed E-state index contributed by atoms with van der Waals surface area (Å²) in [6.07, 6.45) is 0. The standard InChI is InChI=1S/C12H11N5O2S2/c1-18-8-5-3-2-4-7(8)10-15-14-9(19-10)6-20-12-17-16-11(13)21-12/h2-5H,6H2,1H3,(H2,13,16). The van der Waals surface area contributed by atoms with E-state index in [9.17, 15) is 0 Å². The van der Waals surface area contributed by atoms with Crippen LogP contribution in [0.5, 0.6) is 5.75 Å². The summed E-state index contributed by atoms with van der Waals surface area (Å²) in [4.78, 5) is 0. The summed E-state index contributed by atoms with van der Waals surface area (Å²) in [5.74, 6) is 2.14. The number of rotatable bonds is 5. The minimum atomic E-state index is 0.430. The molecular weight excluding hydrogens is 310 g/mol. The second-order valence-corrected chi connectivity index (χ2v) is 6.13.